The number of anilines is 1. The Hall–Kier alpha value is -1.17. The summed E-state index contributed by atoms with van der Waals surface area (Å²) in [5.74, 6) is -0.261. The second-order valence-corrected chi connectivity index (χ2v) is 5.67. The highest BCUT2D eigenvalue weighted by atomic mass is 32.2. The van der Waals surface area contributed by atoms with Gasteiger partial charge in [0.25, 0.3) is 0 Å². The molecule has 0 aliphatic heterocycles. The molecule has 6 heteroatoms. The largest absolute Gasteiger partial charge is 0.367 e. The number of hydrogen-bond donors (Lipinski definition) is 1. The lowest BCUT2D eigenvalue weighted by atomic mass is 10.3. The fourth-order valence-electron chi connectivity index (χ4n) is 1.24. The molecular weight excluding hydrogens is 219 g/mol. The van der Waals surface area contributed by atoms with E-state index in [0.29, 0.717) is 5.82 Å². The summed E-state index contributed by atoms with van der Waals surface area (Å²) < 4.78 is 34.6. The van der Waals surface area contributed by atoms with Gasteiger partial charge in [-0.1, -0.05) is 6.07 Å². The quantitative estimate of drug-likeness (QED) is 0.789. The van der Waals surface area contributed by atoms with Gasteiger partial charge in [-0.2, -0.15) is 4.39 Å². The highest BCUT2D eigenvalue weighted by Gasteiger charge is 2.10. The molecule has 0 spiro atoms. The van der Waals surface area contributed by atoms with Crippen LogP contribution in [0.15, 0.2) is 18.2 Å². The molecule has 0 radical (unpaired) electrons. The van der Waals surface area contributed by atoms with Crippen molar-refractivity contribution in [3.8, 4) is 0 Å². The van der Waals surface area contributed by atoms with Crippen molar-refractivity contribution in [2.45, 2.75) is 13.0 Å². The Balaban J connectivity index is 2.63. The van der Waals surface area contributed by atoms with E-state index in [2.05, 4.69) is 10.3 Å². The van der Waals surface area contributed by atoms with Crippen molar-refractivity contribution in [3.63, 3.8) is 0 Å². The van der Waals surface area contributed by atoms with E-state index in [1.165, 1.54) is 12.1 Å². The maximum absolute atomic E-state index is 12.7. The second kappa shape index (κ2) is 4.57. The predicted octanol–water partition coefficient (Wildman–Crippen LogP) is 1.07. The first kappa shape index (κ1) is 11.9. The van der Waals surface area contributed by atoms with E-state index in [1.54, 1.807) is 13.0 Å². The van der Waals surface area contributed by atoms with E-state index in [-0.39, 0.29) is 11.8 Å². The molecule has 1 rings (SSSR count). The third-order valence-electron chi connectivity index (χ3n) is 1.66. The molecule has 15 heavy (non-hydrogen) atoms. The molecule has 0 bridgehead atoms. The first-order chi connectivity index (χ1) is 6.87. The number of pyridine rings is 1. The monoisotopic (exact) mass is 232 g/mol. The van der Waals surface area contributed by atoms with Crippen LogP contribution in [-0.4, -0.2) is 31.5 Å². The molecule has 84 valence electrons. The lowest BCUT2D eigenvalue weighted by Crippen LogP contribution is -2.25. The van der Waals surface area contributed by atoms with E-state index in [0.717, 1.165) is 6.26 Å². The topological polar surface area (TPSA) is 59.1 Å². The second-order valence-electron chi connectivity index (χ2n) is 3.48. The summed E-state index contributed by atoms with van der Waals surface area (Å²) in [7, 11) is -3.04. The zero-order valence-corrected chi connectivity index (χ0v) is 9.38. The van der Waals surface area contributed by atoms with Crippen LogP contribution < -0.4 is 5.32 Å². The average Bonchev–Trinajstić information content (AvgIpc) is 1.99. The number of hydrogen-bond acceptors (Lipinski definition) is 4. The smallest absolute Gasteiger partial charge is 0.214 e. The molecule has 0 aliphatic rings. The molecule has 4 nitrogen and oxygen atoms in total. The average molecular weight is 232 g/mol. The summed E-state index contributed by atoms with van der Waals surface area (Å²) in [4.78, 5) is 3.57. The molecule has 1 aromatic heterocycles. The minimum atomic E-state index is -3.04. The molecule has 1 aromatic rings. The van der Waals surface area contributed by atoms with Crippen molar-refractivity contribution in [1.29, 1.82) is 0 Å². The molecule has 0 aliphatic carbocycles. The maximum Gasteiger partial charge on any atom is 0.214 e. The fraction of sp³-hybridized carbons (Fsp3) is 0.444. The Morgan fingerprint density at radius 2 is 2.20 bits per heavy atom. The van der Waals surface area contributed by atoms with Gasteiger partial charge in [0.2, 0.25) is 5.95 Å². The standard InChI is InChI=1S/C9H13FN2O2S/c1-7(6-15(2,13)14)11-9-5-3-4-8(10)12-9/h3-5,7H,6H2,1-2H3,(H,11,12). The third kappa shape index (κ3) is 4.73. The van der Waals surface area contributed by atoms with Gasteiger partial charge in [-0.15, -0.1) is 0 Å². The minimum Gasteiger partial charge on any atom is -0.367 e. The Bertz CT molecular complexity index is 433. The summed E-state index contributed by atoms with van der Waals surface area (Å²) in [6.07, 6.45) is 1.16. The van der Waals surface area contributed by atoms with Crippen molar-refractivity contribution < 1.29 is 12.8 Å². The number of rotatable bonds is 4. The van der Waals surface area contributed by atoms with E-state index < -0.39 is 15.8 Å². The summed E-state index contributed by atoms with van der Waals surface area (Å²) in [5, 5.41) is 2.81. The molecule has 1 unspecified atom stereocenters. The number of sulfone groups is 1. The molecule has 0 amide bonds. The van der Waals surface area contributed by atoms with Crippen LogP contribution in [0.25, 0.3) is 0 Å². The summed E-state index contributed by atoms with van der Waals surface area (Å²) in [6.45, 7) is 1.70. The van der Waals surface area contributed by atoms with E-state index in [4.69, 9.17) is 0 Å². The van der Waals surface area contributed by atoms with Gasteiger partial charge in [0.1, 0.15) is 15.7 Å². The molecule has 0 saturated carbocycles. The number of aromatic nitrogens is 1. The molecular formula is C9H13FN2O2S. The Kier molecular flexibility index (Phi) is 3.62. The van der Waals surface area contributed by atoms with Crippen molar-refractivity contribution in [2.24, 2.45) is 0 Å². The van der Waals surface area contributed by atoms with E-state index >= 15 is 0 Å². The first-order valence-corrected chi connectivity index (χ1v) is 6.50. The Labute approximate surface area is 88.5 Å². The molecule has 0 fully saturated rings. The van der Waals surface area contributed by atoms with Crippen molar-refractivity contribution >= 4 is 15.7 Å². The summed E-state index contributed by atoms with van der Waals surface area (Å²) in [5.41, 5.74) is 0. The molecule has 1 N–H and O–H groups in total. The predicted molar refractivity (Wildman–Crippen MR) is 57.0 cm³/mol. The summed E-state index contributed by atoms with van der Waals surface area (Å²) in [6, 6.07) is 4.03. The zero-order chi connectivity index (χ0) is 11.5. The van der Waals surface area contributed by atoms with Crippen LogP contribution in [0.5, 0.6) is 0 Å². The highest BCUT2D eigenvalue weighted by molar-refractivity contribution is 7.90. The van der Waals surface area contributed by atoms with Crippen molar-refractivity contribution in [1.82, 2.24) is 4.98 Å². The number of halogens is 1. The molecule has 1 atom stereocenters. The first-order valence-electron chi connectivity index (χ1n) is 4.43. The fourth-order valence-corrected chi connectivity index (χ4v) is 2.23. The maximum atomic E-state index is 12.7. The van der Waals surface area contributed by atoms with Gasteiger partial charge in [-0.05, 0) is 19.1 Å². The van der Waals surface area contributed by atoms with Crippen LogP contribution in [0.2, 0.25) is 0 Å². The van der Waals surface area contributed by atoms with E-state index in [9.17, 15) is 12.8 Å². The zero-order valence-electron chi connectivity index (χ0n) is 8.57. The van der Waals surface area contributed by atoms with Crippen LogP contribution in [0.4, 0.5) is 10.2 Å². The van der Waals surface area contributed by atoms with Crippen LogP contribution in [0.3, 0.4) is 0 Å². The van der Waals surface area contributed by atoms with Crippen molar-refractivity contribution in [2.75, 3.05) is 17.3 Å². The summed E-state index contributed by atoms with van der Waals surface area (Å²) >= 11 is 0. The van der Waals surface area contributed by atoms with Gasteiger partial charge in [0.15, 0.2) is 0 Å². The van der Waals surface area contributed by atoms with E-state index in [1.807, 2.05) is 0 Å². The third-order valence-corrected chi connectivity index (χ3v) is 2.77. The lowest BCUT2D eigenvalue weighted by Gasteiger charge is -2.12. The molecule has 1 heterocycles. The lowest BCUT2D eigenvalue weighted by molar-refractivity contribution is 0.584. The van der Waals surface area contributed by atoms with Gasteiger partial charge in [0.05, 0.1) is 5.75 Å². The number of nitrogens with zero attached hydrogens (tertiary/aromatic N) is 1. The van der Waals surface area contributed by atoms with Crippen LogP contribution >= 0.6 is 0 Å². The van der Waals surface area contributed by atoms with Crippen LogP contribution in [0.1, 0.15) is 6.92 Å². The van der Waals surface area contributed by atoms with Gasteiger partial charge < -0.3 is 5.32 Å². The van der Waals surface area contributed by atoms with Crippen LogP contribution in [0, 0.1) is 5.95 Å². The normalized spacial score (nSPS) is 13.5. The van der Waals surface area contributed by atoms with Gasteiger partial charge >= 0.3 is 0 Å². The minimum absolute atomic E-state index is 0.00874. The van der Waals surface area contributed by atoms with Gasteiger partial charge in [-0.3, -0.25) is 0 Å². The van der Waals surface area contributed by atoms with Crippen molar-refractivity contribution in [3.05, 3.63) is 24.1 Å². The van der Waals surface area contributed by atoms with Gasteiger partial charge in [-0.25, -0.2) is 13.4 Å². The molecule has 0 aromatic carbocycles. The number of nitrogens with one attached hydrogen (secondary N) is 1. The SMILES string of the molecule is CC(CS(C)(=O)=O)Nc1cccc(F)n1. The van der Waals surface area contributed by atoms with Gasteiger partial charge in [0, 0.05) is 12.3 Å². The molecule has 0 saturated heterocycles. The Morgan fingerprint density at radius 3 is 2.73 bits per heavy atom. The highest BCUT2D eigenvalue weighted by Crippen LogP contribution is 2.06. The Morgan fingerprint density at radius 1 is 1.53 bits per heavy atom. The van der Waals surface area contributed by atoms with Crippen LogP contribution in [-0.2, 0) is 9.84 Å².